The molecule has 0 bridgehead atoms. The zero-order valence-corrected chi connectivity index (χ0v) is 21.4. The lowest BCUT2D eigenvalue weighted by Gasteiger charge is -2.21. The van der Waals surface area contributed by atoms with E-state index in [4.69, 9.17) is 11.6 Å². The van der Waals surface area contributed by atoms with Crippen LogP contribution >= 0.6 is 23.4 Å². The third-order valence-corrected chi connectivity index (χ3v) is 6.47. The Morgan fingerprint density at radius 3 is 2.44 bits per heavy atom. The molecule has 3 rings (SSSR count). The second-order valence-electron chi connectivity index (χ2n) is 8.42. The van der Waals surface area contributed by atoms with E-state index in [1.807, 2.05) is 42.7 Å². The van der Waals surface area contributed by atoms with Crippen molar-refractivity contribution in [3.63, 3.8) is 0 Å². The molecule has 1 atom stereocenters. The number of hydrogen-bond donors (Lipinski definition) is 2. The number of nitrogens with one attached hydrogen (secondary N) is 2. The third kappa shape index (κ3) is 6.84. The molecule has 0 spiro atoms. The molecule has 0 saturated carbocycles. The van der Waals surface area contributed by atoms with Gasteiger partial charge < -0.3 is 15.2 Å². The predicted molar refractivity (Wildman–Crippen MR) is 137 cm³/mol. The Labute approximate surface area is 209 Å². The van der Waals surface area contributed by atoms with Gasteiger partial charge in [-0.05, 0) is 50.5 Å². The van der Waals surface area contributed by atoms with Crippen LogP contribution in [0.15, 0.2) is 53.7 Å². The van der Waals surface area contributed by atoms with E-state index in [1.165, 1.54) is 11.8 Å². The Kier molecular flexibility index (Phi) is 9.12. The maximum atomic E-state index is 12.9. The largest absolute Gasteiger partial charge is 0.342 e. The Balaban J connectivity index is 1.73. The van der Waals surface area contributed by atoms with Gasteiger partial charge in [-0.2, -0.15) is 0 Å². The number of aryl methyl sites for hydroxylation is 1. The molecule has 9 heteroatoms. The van der Waals surface area contributed by atoms with E-state index in [9.17, 15) is 9.59 Å². The fraction of sp³-hybridized carbons (Fsp3) is 0.360. The molecule has 0 aliphatic rings. The van der Waals surface area contributed by atoms with Crippen molar-refractivity contribution in [1.29, 1.82) is 0 Å². The van der Waals surface area contributed by atoms with Gasteiger partial charge in [0.25, 0.3) is 5.91 Å². The van der Waals surface area contributed by atoms with Crippen LogP contribution in [0.4, 0.5) is 5.69 Å². The van der Waals surface area contributed by atoms with Gasteiger partial charge >= 0.3 is 0 Å². The summed E-state index contributed by atoms with van der Waals surface area (Å²) in [5.74, 6) is 0.806. The first-order chi connectivity index (χ1) is 16.3. The summed E-state index contributed by atoms with van der Waals surface area (Å²) in [5, 5.41) is 15.7. The molecule has 7 nitrogen and oxygen atoms in total. The van der Waals surface area contributed by atoms with Gasteiger partial charge in [-0.15, -0.1) is 10.2 Å². The number of rotatable bonds is 10. The normalized spacial score (nSPS) is 11.9. The molecule has 1 heterocycles. The first-order valence-corrected chi connectivity index (χ1v) is 12.6. The van der Waals surface area contributed by atoms with Crippen molar-refractivity contribution in [1.82, 2.24) is 20.1 Å². The molecule has 0 aliphatic carbocycles. The zero-order chi connectivity index (χ0) is 24.7. The maximum Gasteiger partial charge on any atom is 0.253 e. The molecular weight excluding hydrogens is 470 g/mol. The highest BCUT2D eigenvalue weighted by Gasteiger charge is 2.25. The van der Waals surface area contributed by atoms with Crippen LogP contribution in [-0.2, 0) is 11.3 Å². The first kappa shape index (κ1) is 25.8. The number of halogens is 1. The van der Waals surface area contributed by atoms with E-state index < -0.39 is 0 Å². The smallest absolute Gasteiger partial charge is 0.253 e. The van der Waals surface area contributed by atoms with Crippen LogP contribution in [0, 0.1) is 12.8 Å². The molecule has 0 unspecified atom stereocenters. The predicted octanol–water partition coefficient (Wildman–Crippen LogP) is 5.51. The molecule has 0 fully saturated rings. The third-order valence-electron chi connectivity index (χ3n) is 5.17. The highest BCUT2D eigenvalue weighted by atomic mass is 35.5. The molecule has 2 aromatic carbocycles. The van der Waals surface area contributed by atoms with Crippen molar-refractivity contribution >= 4 is 40.9 Å². The fourth-order valence-electron chi connectivity index (χ4n) is 3.51. The molecule has 0 aliphatic heterocycles. The minimum absolute atomic E-state index is 0.119. The van der Waals surface area contributed by atoms with Crippen molar-refractivity contribution in [3.05, 3.63) is 70.5 Å². The van der Waals surface area contributed by atoms with E-state index in [-0.39, 0.29) is 23.6 Å². The fourth-order valence-corrected chi connectivity index (χ4v) is 4.54. The van der Waals surface area contributed by atoms with Crippen LogP contribution in [0.5, 0.6) is 0 Å². The molecular formula is C25H30ClN5O2S. The van der Waals surface area contributed by atoms with E-state index in [2.05, 4.69) is 34.7 Å². The number of carbonyl (C=O) groups excluding carboxylic acids is 2. The number of thioether (sulfide) groups is 1. The molecule has 1 aromatic heterocycles. The van der Waals surface area contributed by atoms with Gasteiger partial charge in [0.15, 0.2) is 11.0 Å². The second-order valence-corrected chi connectivity index (χ2v) is 9.77. The standard InChI is InChI=1S/C25H30ClN5O2S/c1-5-31-23(21(14-16(2)3)28-24(33)19-8-6-7-9-20(19)26)29-30-25(31)34-15-22(32)27-18-12-10-17(4)11-13-18/h6-13,16,21H,5,14-15H2,1-4H3,(H,27,32)(H,28,33)/t21-/m1/s1. The van der Waals surface area contributed by atoms with Crippen LogP contribution in [0.25, 0.3) is 0 Å². The molecule has 180 valence electrons. The average molecular weight is 500 g/mol. The number of anilines is 1. The van der Waals surface area contributed by atoms with Gasteiger partial charge in [0.1, 0.15) is 0 Å². The summed E-state index contributed by atoms with van der Waals surface area (Å²) in [6.07, 6.45) is 0.687. The Hall–Kier alpha value is -2.84. The summed E-state index contributed by atoms with van der Waals surface area (Å²) in [6.45, 7) is 8.78. The van der Waals surface area contributed by atoms with Crippen molar-refractivity contribution < 1.29 is 9.59 Å². The van der Waals surface area contributed by atoms with Crippen LogP contribution < -0.4 is 10.6 Å². The van der Waals surface area contributed by atoms with Crippen molar-refractivity contribution in [2.45, 2.75) is 51.9 Å². The summed E-state index contributed by atoms with van der Waals surface area (Å²) < 4.78 is 1.95. The van der Waals surface area contributed by atoms with Gasteiger partial charge in [-0.1, -0.05) is 67.0 Å². The number of nitrogens with zero attached hydrogens (tertiary/aromatic N) is 3. The van der Waals surface area contributed by atoms with Crippen LogP contribution in [0.3, 0.4) is 0 Å². The highest BCUT2D eigenvalue weighted by Crippen LogP contribution is 2.26. The van der Waals surface area contributed by atoms with Gasteiger partial charge in [0, 0.05) is 12.2 Å². The van der Waals surface area contributed by atoms with Crippen molar-refractivity contribution in [2.75, 3.05) is 11.1 Å². The van der Waals surface area contributed by atoms with Crippen LogP contribution in [-0.4, -0.2) is 32.3 Å². The lowest BCUT2D eigenvalue weighted by Crippen LogP contribution is -2.31. The molecule has 0 radical (unpaired) electrons. The minimum Gasteiger partial charge on any atom is -0.342 e. The van der Waals surface area contributed by atoms with Crippen LogP contribution in [0.1, 0.15) is 55.0 Å². The Bertz CT molecular complexity index is 1130. The van der Waals surface area contributed by atoms with E-state index >= 15 is 0 Å². The molecule has 3 aromatic rings. The SMILES string of the molecule is CCn1c(SCC(=O)Nc2ccc(C)cc2)nnc1[C@@H](CC(C)C)NC(=O)c1ccccc1Cl. The summed E-state index contributed by atoms with van der Waals surface area (Å²) in [6, 6.07) is 14.3. The van der Waals surface area contributed by atoms with E-state index in [0.717, 1.165) is 11.3 Å². The lowest BCUT2D eigenvalue weighted by molar-refractivity contribution is -0.113. The molecule has 2 N–H and O–H groups in total. The molecule has 0 saturated heterocycles. The van der Waals surface area contributed by atoms with Crippen molar-refractivity contribution in [2.24, 2.45) is 5.92 Å². The van der Waals surface area contributed by atoms with E-state index in [0.29, 0.717) is 40.5 Å². The Morgan fingerprint density at radius 2 is 1.79 bits per heavy atom. The van der Waals surface area contributed by atoms with Crippen LogP contribution in [0.2, 0.25) is 5.02 Å². The summed E-state index contributed by atoms with van der Waals surface area (Å²) in [4.78, 5) is 25.4. The van der Waals surface area contributed by atoms with E-state index in [1.54, 1.807) is 24.3 Å². The minimum atomic E-state index is -0.341. The van der Waals surface area contributed by atoms with Gasteiger partial charge in [0.05, 0.1) is 22.4 Å². The number of aromatic nitrogens is 3. The second kappa shape index (κ2) is 12.0. The summed E-state index contributed by atoms with van der Waals surface area (Å²) >= 11 is 7.54. The lowest BCUT2D eigenvalue weighted by atomic mass is 10.0. The van der Waals surface area contributed by atoms with Crippen molar-refractivity contribution in [3.8, 4) is 0 Å². The summed E-state index contributed by atoms with van der Waals surface area (Å²) in [5.41, 5.74) is 2.31. The number of carbonyl (C=O) groups is 2. The molecule has 2 amide bonds. The average Bonchev–Trinajstić information content (AvgIpc) is 3.21. The van der Waals surface area contributed by atoms with Gasteiger partial charge in [-0.3, -0.25) is 9.59 Å². The maximum absolute atomic E-state index is 12.9. The number of benzene rings is 2. The number of amides is 2. The Morgan fingerprint density at radius 1 is 1.09 bits per heavy atom. The van der Waals surface area contributed by atoms with Gasteiger partial charge in [0.2, 0.25) is 5.91 Å². The monoisotopic (exact) mass is 499 g/mol. The van der Waals surface area contributed by atoms with Gasteiger partial charge in [-0.25, -0.2) is 0 Å². The first-order valence-electron chi connectivity index (χ1n) is 11.3. The number of hydrogen-bond acceptors (Lipinski definition) is 5. The topological polar surface area (TPSA) is 88.9 Å². The molecule has 34 heavy (non-hydrogen) atoms. The highest BCUT2D eigenvalue weighted by molar-refractivity contribution is 7.99. The zero-order valence-electron chi connectivity index (χ0n) is 19.8. The summed E-state index contributed by atoms with van der Waals surface area (Å²) in [7, 11) is 0. The quantitative estimate of drug-likeness (QED) is 0.359.